The lowest BCUT2D eigenvalue weighted by atomic mass is 9.93. The zero-order chi connectivity index (χ0) is 41.0. The van der Waals surface area contributed by atoms with Gasteiger partial charge in [0.25, 0.3) is 0 Å². The second kappa shape index (κ2) is 14.8. The summed E-state index contributed by atoms with van der Waals surface area (Å²) in [7, 11) is 0. The van der Waals surface area contributed by atoms with E-state index in [0.717, 1.165) is 55.7 Å². The number of para-hydroxylation sites is 1. The van der Waals surface area contributed by atoms with E-state index in [1.54, 1.807) is 0 Å². The van der Waals surface area contributed by atoms with E-state index in [2.05, 4.69) is 229 Å². The maximum absolute atomic E-state index is 6.27. The summed E-state index contributed by atoms with van der Waals surface area (Å²) in [6.45, 7) is 0. The molecule has 0 aliphatic heterocycles. The van der Waals surface area contributed by atoms with Crippen molar-refractivity contribution >= 4 is 71.3 Å². The Kier molecular flexibility index (Phi) is 8.53. The Balaban J connectivity index is 0.955. The Morgan fingerprint density at radius 3 is 1.60 bits per heavy atom. The second-order valence-electron chi connectivity index (χ2n) is 16.1. The topological polar surface area (TPSA) is 16.4 Å². The van der Waals surface area contributed by atoms with Gasteiger partial charge < -0.3 is 9.32 Å². The predicted octanol–water partition coefficient (Wildman–Crippen LogP) is 17.2. The number of furan rings is 1. The molecule has 62 heavy (non-hydrogen) atoms. The number of fused-ring (bicyclic) bond motifs is 7. The van der Waals surface area contributed by atoms with Crippen molar-refractivity contribution in [2.75, 3.05) is 4.90 Å². The van der Waals surface area contributed by atoms with Crippen molar-refractivity contribution in [3.63, 3.8) is 0 Å². The van der Waals surface area contributed by atoms with Crippen LogP contribution >= 0.6 is 0 Å². The Hall–Kier alpha value is -8.20. The Labute approximate surface area is 360 Å². The molecule has 1 aromatic heterocycles. The SMILES string of the molecule is c1cc(-c2cccc(N(c3ccc(-c4ccc5c(c4)oc4ccccc45)cc3)c3ccc(-c4cc5ccccc5c5ccccc45)cc3)c2)cc(-c2cccc3ccccc23)c1. The standard InChI is InChI=1S/C60H39NO/c1-3-19-51-41(12-1)14-11-24-52(51)46-17-9-15-43(36-46)44-16-10-18-50(37-44)61(48-31-26-40(27-32-48)45-30-35-57-56-23-7-8-25-59(56)62-60(57)39-45)49-33-28-42(29-34-49)58-38-47-13-2-4-20-53(47)54-21-5-6-22-55(54)58/h1-39H. The quantitative estimate of drug-likeness (QED) is 0.150. The first-order valence-corrected chi connectivity index (χ1v) is 21.2. The van der Waals surface area contributed by atoms with Crippen LogP contribution in [-0.2, 0) is 0 Å². The average molecular weight is 790 g/mol. The second-order valence-corrected chi connectivity index (χ2v) is 16.1. The molecule has 0 saturated heterocycles. The molecule has 12 aromatic rings. The van der Waals surface area contributed by atoms with Gasteiger partial charge in [0.2, 0.25) is 0 Å². The van der Waals surface area contributed by atoms with E-state index in [-0.39, 0.29) is 0 Å². The van der Waals surface area contributed by atoms with Gasteiger partial charge in [-0.1, -0.05) is 170 Å². The van der Waals surface area contributed by atoms with E-state index in [0.29, 0.717) is 0 Å². The summed E-state index contributed by atoms with van der Waals surface area (Å²) >= 11 is 0. The van der Waals surface area contributed by atoms with E-state index in [1.165, 1.54) is 60.1 Å². The molecular weight excluding hydrogens is 751 g/mol. The van der Waals surface area contributed by atoms with Crippen LogP contribution in [0.25, 0.3) is 98.8 Å². The molecular formula is C60H39NO. The molecule has 1 heterocycles. The van der Waals surface area contributed by atoms with Gasteiger partial charge in [0.15, 0.2) is 0 Å². The van der Waals surface area contributed by atoms with Crippen molar-refractivity contribution in [3.05, 3.63) is 237 Å². The van der Waals surface area contributed by atoms with Crippen molar-refractivity contribution < 1.29 is 4.42 Å². The van der Waals surface area contributed by atoms with Gasteiger partial charge in [0.05, 0.1) is 0 Å². The Morgan fingerprint density at radius 2 is 0.790 bits per heavy atom. The highest BCUT2D eigenvalue weighted by Gasteiger charge is 2.17. The maximum atomic E-state index is 6.27. The molecule has 0 N–H and O–H groups in total. The molecule has 0 aliphatic carbocycles. The number of hydrogen-bond donors (Lipinski definition) is 0. The lowest BCUT2D eigenvalue weighted by Crippen LogP contribution is -2.10. The Bertz CT molecular complexity index is 3630. The molecule has 0 unspecified atom stereocenters. The highest BCUT2D eigenvalue weighted by molar-refractivity contribution is 6.14. The van der Waals surface area contributed by atoms with E-state index in [9.17, 15) is 0 Å². The fourth-order valence-electron chi connectivity index (χ4n) is 9.41. The van der Waals surface area contributed by atoms with Crippen molar-refractivity contribution in [2.45, 2.75) is 0 Å². The van der Waals surface area contributed by atoms with Gasteiger partial charge in [-0.25, -0.2) is 0 Å². The third-order valence-corrected chi connectivity index (χ3v) is 12.4. The van der Waals surface area contributed by atoms with Crippen LogP contribution in [0.1, 0.15) is 0 Å². The molecule has 11 aromatic carbocycles. The number of nitrogens with zero attached hydrogens (tertiary/aromatic N) is 1. The summed E-state index contributed by atoms with van der Waals surface area (Å²) in [5.41, 5.74) is 14.5. The van der Waals surface area contributed by atoms with Gasteiger partial charge in [-0.05, 0) is 144 Å². The summed E-state index contributed by atoms with van der Waals surface area (Å²) in [5, 5.41) is 9.82. The minimum absolute atomic E-state index is 0.898. The molecule has 0 saturated carbocycles. The summed E-state index contributed by atoms with van der Waals surface area (Å²) in [4.78, 5) is 2.37. The minimum Gasteiger partial charge on any atom is -0.456 e. The maximum Gasteiger partial charge on any atom is 0.136 e. The van der Waals surface area contributed by atoms with Crippen molar-refractivity contribution in [3.8, 4) is 44.5 Å². The van der Waals surface area contributed by atoms with E-state index < -0.39 is 0 Å². The Morgan fingerprint density at radius 1 is 0.242 bits per heavy atom. The molecule has 0 spiro atoms. The lowest BCUT2D eigenvalue weighted by Gasteiger charge is -2.26. The molecule has 0 radical (unpaired) electrons. The molecule has 290 valence electrons. The van der Waals surface area contributed by atoms with E-state index in [4.69, 9.17) is 4.42 Å². The molecule has 0 amide bonds. The number of hydrogen-bond acceptors (Lipinski definition) is 2. The molecule has 0 atom stereocenters. The first-order chi connectivity index (χ1) is 30.7. The summed E-state index contributed by atoms with van der Waals surface area (Å²) in [6.07, 6.45) is 0. The van der Waals surface area contributed by atoms with Crippen LogP contribution < -0.4 is 4.90 Å². The minimum atomic E-state index is 0.898. The van der Waals surface area contributed by atoms with Crippen LogP contribution in [0.4, 0.5) is 17.1 Å². The molecule has 0 bridgehead atoms. The smallest absolute Gasteiger partial charge is 0.136 e. The zero-order valence-electron chi connectivity index (χ0n) is 33.9. The predicted molar refractivity (Wildman–Crippen MR) is 263 cm³/mol. The first-order valence-electron chi connectivity index (χ1n) is 21.2. The summed E-state index contributed by atoms with van der Waals surface area (Å²) in [5.74, 6) is 0. The molecule has 0 fully saturated rings. The van der Waals surface area contributed by atoms with Gasteiger partial charge in [-0.3, -0.25) is 0 Å². The van der Waals surface area contributed by atoms with Gasteiger partial charge >= 0.3 is 0 Å². The van der Waals surface area contributed by atoms with Crippen LogP contribution in [0.2, 0.25) is 0 Å². The monoisotopic (exact) mass is 789 g/mol. The van der Waals surface area contributed by atoms with Gasteiger partial charge in [0, 0.05) is 27.8 Å². The summed E-state index contributed by atoms with van der Waals surface area (Å²) < 4.78 is 6.27. The zero-order valence-corrected chi connectivity index (χ0v) is 33.9. The number of benzene rings is 11. The van der Waals surface area contributed by atoms with Crippen LogP contribution in [0.5, 0.6) is 0 Å². The van der Waals surface area contributed by atoms with Crippen LogP contribution in [0.3, 0.4) is 0 Å². The molecule has 12 rings (SSSR count). The van der Waals surface area contributed by atoms with Crippen LogP contribution in [0, 0.1) is 0 Å². The largest absolute Gasteiger partial charge is 0.456 e. The van der Waals surface area contributed by atoms with E-state index in [1.807, 2.05) is 12.1 Å². The average Bonchev–Trinajstić information content (AvgIpc) is 3.72. The fourth-order valence-corrected chi connectivity index (χ4v) is 9.41. The molecule has 0 aliphatic rings. The highest BCUT2D eigenvalue weighted by Crippen LogP contribution is 2.41. The summed E-state index contributed by atoms with van der Waals surface area (Å²) in [6, 6.07) is 85.6. The van der Waals surface area contributed by atoms with Crippen molar-refractivity contribution in [1.29, 1.82) is 0 Å². The van der Waals surface area contributed by atoms with E-state index >= 15 is 0 Å². The van der Waals surface area contributed by atoms with Crippen LogP contribution in [0.15, 0.2) is 241 Å². The lowest BCUT2D eigenvalue weighted by molar-refractivity contribution is 0.669. The third kappa shape index (κ3) is 6.20. The first kappa shape index (κ1) is 35.7. The van der Waals surface area contributed by atoms with Gasteiger partial charge in [0.1, 0.15) is 11.2 Å². The normalized spacial score (nSPS) is 11.5. The fraction of sp³-hybridized carbons (Fsp3) is 0. The van der Waals surface area contributed by atoms with Crippen molar-refractivity contribution in [2.24, 2.45) is 0 Å². The van der Waals surface area contributed by atoms with Crippen LogP contribution in [-0.4, -0.2) is 0 Å². The van der Waals surface area contributed by atoms with Crippen molar-refractivity contribution in [1.82, 2.24) is 0 Å². The molecule has 2 nitrogen and oxygen atoms in total. The van der Waals surface area contributed by atoms with Gasteiger partial charge in [-0.15, -0.1) is 0 Å². The number of anilines is 3. The molecule has 2 heteroatoms. The highest BCUT2D eigenvalue weighted by atomic mass is 16.3. The number of rotatable bonds is 7. The third-order valence-electron chi connectivity index (χ3n) is 12.4. The van der Waals surface area contributed by atoms with Gasteiger partial charge in [-0.2, -0.15) is 0 Å².